The Morgan fingerprint density at radius 3 is 2.03 bits per heavy atom. The molecule has 11 aromatic rings. The number of hydrogen-bond acceptors (Lipinski definition) is 5. The molecule has 0 bridgehead atoms. The van der Waals surface area contributed by atoms with Crippen molar-refractivity contribution in [2.75, 3.05) is 4.90 Å². The summed E-state index contributed by atoms with van der Waals surface area (Å²) in [6.07, 6.45) is 2.50. The van der Waals surface area contributed by atoms with Crippen LogP contribution in [-0.2, 0) is 0 Å². The average molecular weight is 798 g/mol. The van der Waals surface area contributed by atoms with E-state index in [1.54, 1.807) is 11.3 Å². The quantitative estimate of drug-likeness (QED) is 0.174. The van der Waals surface area contributed by atoms with Crippen molar-refractivity contribution in [3.63, 3.8) is 0 Å². The van der Waals surface area contributed by atoms with Crippen LogP contribution in [-0.4, -0.2) is 16.0 Å². The molecule has 0 N–H and O–H groups in total. The van der Waals surface area contributed by atoms with Crippen LogP contribution >= 0.6 is 11.3 Å². The van der Waals surface area contributed by atoms with Gasteiger partial charge in [-0.05, 0) is 69.3 Å². The van der Waals surface area contributed by atoms with Crippen molar-refractivity contribution < 1.29 is 4.42 Å². The second-order valence-corrected chi connectivity index (χ2v) is 17.0. The molecule has 1 aliphatic carbocycles. The normalized spacial score (nSPS) is 15.6. The second-order valence-electron chi connectivity index (χ2n) is 16.0. The van der Waals surface area contributed by atoms with Crippen LogP contribution in [0.3, 0.4) is 0 Å². The summed E-state index contributed by atoms with van der Waals surface area (Å²) in [7, 11) is 0. The first kappa shape index (κ1) is 34.3. The van der Waals surface area contributed by atoms with E-state index < -0.39 is 0 Å². The van der Waals surface area contributed by atoms with Crippen LogP contribution in [0.4, 0.5) is 11.4 Å². The minimum absolute atomic E-state index is 0.00421. The number of benzene rings is 8. The van der Waals surface area contributed by atoms with Gasteiger partial charge in [-0.2, -0.15) is 0 Å². The number of furan rings is 1. The Morgan fingerprint density at radius 2 is 1.20 bits per heavy atom. The molecular formula is C56H35N3OS. The molecule has 5 heteroatoms. The highest BCUT2D eigenvalue weighted by Gasteiger charge is 2.44. The van der Waals surface area contributed by atoms with Crippen LogP contribution in [0.25, 0.3) is 81.6 Å². The lowest BCUT2D eigenvalue weighted by Gasteiger charge is -2.34. The molecule has 1 aliphatic heterocycles. The summed E-state index contributed by atoms with van der Waals surface area (Å²) in [6, 6.07) is 69.4. The SMILES string of the molecule is C1=C(c2ccccc2)c2ccccc2C2c3cc(-c4ccccc4)ccc3N(c3cccc4c3oc3cccc(-c5nc(-c6ccccc6)c6sc7ccccc7c6n5)c34)C12. The Balaban J connectivity index is 1.05. The number of anilines is 2. The van der Waals surface area contributed by atoms with Crippen LogP contribution in [0, 0.1) is 0 Å². The monoisotopic (exact) mass is 797 g/mol. The first-order chi connectivity index (χ1) is 30.3. The second kappa shape index (κ2) is 13.5. The van der Waals surface area contributed by atoms with E-state index in [4.69, 9.17) is 14.4 Å². The highest BCUT2D eigenvalue weighted by molar-refractivity contribution is 7.26. The molecule has 0 spiro atoms. The van der Waals surface area contributed by atoms with Gasteiger partial charge in [0.1, 0.15) is 5.58 Å². The summed E-state index contributed by atoms with van der Waals surface area (Å²) < 4.78 is 9.36. The molecule has 8 aromatic carbocycles. The molecule has 0 saturated heterocycles. The zero-order chi connectivity index (χ0) is 40.0. The largest absolute Gasteiger partial charge is 0.454 e. The maximum atomic E-state index is 7.07. The Labute approximate surface area is 356 Å². The van der Waals surface area contributed by atoms with Gasteiger partial charge < -0.3 is 9.32 Å². The molecule has 286 valence electrons. The van der Waals surface area contributed by atoms with Crippen LogP contribution in [0.2, 0.25) is 0 Å². The minimum atomic E-state index is -0.00421. The molecule has 2 atom stereocenters. The molecule has 2 aliphatic rings. The van der Waals surface area contributed by atoms with Crippen molar-refractivity contribution in [3.05, 3.63) is 222 Å². The molecule has 4 nitrogen and oxygen atoms in total. The third-order valence-electron chi connectivity index (χ3n) is 12.6. The number of fused-ring (bicyclic) bond motifs is 11. The highest BCUT2D eigenvalue weighted by atomic mass is 32.1. The van der Waals surface area contributed by atoms with Crippen LogP contribution in [0.15, 0.2) is 205 Å². The Kier molecular flexibility index (Phi) is 7.57. The van der Waals surface area contributed by atoms with E-state index in [0.717, 1.165) is 60.0 Å². The molecule has 0 radical (unpaired) electrons. The number of hydrogen-bond donors (Lipinski definition) is 0. The van der Waals surface area contributed by atoms with Gasteiger partial charge in [0.25, 0.3) is 0 Å². The smallest absolute Gasteiger partial charge is 0.161 e. The van der Waals surface area contributed by atoms with Gasteiger partial charge in [-0.3, -0.25) is 0 Å². The molecule has 0 saturated carbocycles. The molecule has 3 aromatic heterocycles. The summed E-state index contributed by atoms with van der Waals surface area (Å²) in [6.45, 7) is 0. The maximum Gasteiger partial charge on any atom is 0.161 e. The minimum Gasteiger partial charge on any atom is -0.454 e. The maximum absolute atomic E-state index is 7.07. The van der Waals surface area contributed by atoms with E-state index in [0.29, 0.717) is 5.82 Å². The van der Waals surface area contributed by atoms with Gasteiger partial charge in [0, 0.05) is 43.6 Å². The van der Waals surface area contributed by atoms with Crippen LogP contribution in [0.5, 0.6) is 0 Å². The van der Waals surface area contributed by atoms with E-state index in [2.05, 4.69) is 205 Å². The van der Waals surface area contributed by atoms with Crippen LogP contribution < -0.4 is 4.90 Å². The first-order valence-corrected chi connectivity index (χ1v) is 21.6. The highest BCUT2D eigenvalue weighted by Crippen LogP contribution is 2.56. The Morgan fingerprint density at radius 1 is 0.508 bits per heavy atom. The molecule has 13 rings (SSSR count). The molecule has 0 fully saturated rings. The van der Waals surface area contributed by atoms with Crippen molar-refractivity contribution in [2.45, 2.75) is 12.0 Å². The van der Waals surface area contributed by atoms with Gasteiger partial charge in [0.05, 0.1) is 27.6 Å². The van der Waals surface area contributed by atoms with Crippen molar-refractivity contribution >= 4 is 70.5 Å². The van der Waals surface area contributed by atoms with Gasteiger partial charge in [0.2, 0.25) is 0 Å². The summed E-state index contributed by atoms with van der Waals surface area (Å²) in [4.78, 5) is 13.3. The van der Waals surface area contributed by atoms with Crippen LogP contribution in [0.1, 0.15) is 28.2 Å². The van der Waals surface area contributed by atoms with E-state index >= 15 is 0 Å². The molecule has 0 amide bonds. The summed E-state index contributed by atoms with van der Waals surface area (Å²) in [5.41, 5.74) is 16.7. The van der Waals surface area contributed by atoms with Crippen molar-refractivity contribution in [1.29, 1.82) is 0 Å². The summed E-state index contributed by atoms with van der Waals surface area (Å²) >= 11 is 1.75. The summed E-state index contributed by atoms with van der Waals surface area (Å²) in [5.74, 6) is 0.794. The molecule has 2 unspecified atom stereocenters. The fourth-order valence-corrected chi connectivity index (χ4v) is 11.1. The molecular weight excluding hydrogens is 763 g/mol. The molecule has 61 heavy (non-hydrogen) atoms. The van der Waals surface area contributed by atoms with Gasteiger partial charge in [-0.15, -0.1) is 11.3 Å². The number of thiophene rings is 1. The van der Waals surface area contributed by atoms with Crippen molar-refractivity contribution in [3.8, 4) is 33.8 Å². The number of nitrogens with zero attached hydrogens (tertiary/aromatic N) is 3. The molecule has 4 heterocycles. The average Bonchev–Trinajstić information content (AvgIpc) is 4.01. The van der Waals surface area contributed by atoms with E-state index in [1.807, 2.05) is 0 Å². The Hall–Kier alpha value is -7.60. The lowest BCUT2D eigenvalue weighted by molar-refractivity contribution is 0.662. The third kappa shape index (κ3) is 5.24. The number of rotatable bonds is 5. The topological polar surface area (TPSA) is 42.2 Å². The van der Waals surface area contributed by atoms with Gasteiger partial charge in [-0.1, -0.05) is 170 Å². The fourth-order valence-electron chi connectivity index (χ4n) is 9.99. The number of para-hydroxylation sites is 1. The van der Waals surface area contributed by atoms with Gasteiger partial charge in [-0.25, -0.2) is 9.97 Å². The van der Waals surface area contributed by atoms with E-state index in [1.165, 1.54) is 49.3 Å². The van der Waals surface area contributed by atoms with Gasteiger partial charge >= 0.3 is 0 Å². The third-order valence-corrected chi connectivity index (χ3v) is 13.8. The number of aromatic nitrogens is 2. The first-order valence-electron chi connectivity index (χ1n) is 20.8. The van der Waals surface area contributed by atoms with E-state index in [9.17, 15) is 0 Å². The lowest BCUT2D eigenvalue weighted by Crippen LogP contribution is -2.31. The predicted octanol–water partition coefficient (Wildman–Crippen LogP) is 14.8. The zero-order valence-corrected chi connectivity index (χ0v) is 33.7. The standard InChI is InChI=1S/C56H35N3OS/c1-4-16-34(17-5-1)37-30-31-45-44(32-37)50-39-23-11-10-22-38(39)43(35-18-6-2-7-19-35)33-47(50)59(45)46-27-14-25-41-51-42(26-15-28-48(51)60-54(41)46)56-57-52(36-20-8-3-9-21-36)55-53(58-56)40-24-12-13-29-49(40)61-55/h1-33,47,50H. The van der Waals surface area contributed by atoms with Gasteiger partial charge in [0.15, 0.2) is 11.4 Å². The van der Waals surface area contributed by atoms with Crippen molar-refractivity contribution in [1.82, 2.24) is 9.97 Å². The van der Waals surface area contributed by atoms with Crippen molar-refractivity contribution in [2.24, 2.45) is 0 Å². The predicted molar refractivity (Wildman–Crippen MR) is 253 cm³/mol. The Bertz CT molecular complexity index is 3550. The lowest BCUT2D eigenvalue weighted by atomic mass is 9.76. The zero-order valence-electron chi connectivity index (χ0n) is 32.9. The summed E-state index contributed by atoms with van der Waals surface area (Å²) in [5, 5.41) is 3.20. The van der Waals surface area contributed by atoms with E-state index in [-0.39, 0.29) is 12.0 Å². The fraction of sp³-hybridized carbons (Fsp3) is 0.0357.